The molecule has 0 bridgehead atoms. The van der Waals surface area contributed by atoms with E-state index < -0.39 is 5.97 Å². The smallest absolute Gasteiger partial charge is 0.339 e. The molecule has 0 unspecified atom stereocenters. The van der Waals surface area contributed by atoms with Crippen LogP contribution in [0.15, 0.2) is 66.9 Å². The van der Waals surface area contributed by atoms with Crippen molar-refractivity contribution in [3.05, 3.63) is 89.1 Å². The number of amides is 1. The van der Waals surface area contributed by atoms with Crippen LogP contribution in [0.25, 0.3) is 0 Å². The monoisotopic (exact) mass is 375 g/mol. The van der Waals surface area contributed by atoms with Gasteiger partial charge in [-0.25, -0.2) is 9.78 Å². The van der Waals surface area contributed by atoms with Crippen molar-refractivity contribution in [3.63, 3.8) is 0 Å². The molecule has 2 N–H and O–H groups in total. The molecule has 0 aliphatic carbocycles. The molecule has 1 aromatic heterocycles. The first kappa shape index (κ1) is 19.1. The van der Waals surface area contributed by atoms with Gasteiger partial charge >= 0.3 is 5.97 Å². The Balaban J connectivity index is 1.66. The zero-order valence-electron chi connectivity index (χ0n) is 15.7. The van der Waals surface area contributed by atoms with Crippen LogP contribution in [0.3, 0.4) is 0 Å². The fraction of sp³-hybridized carbons (Fsp3) is 0.136. The molecule has 1 amide bonds. The van der Waals surface area contributed by atoms with E-state index in [1.54, 1.807) is 36.4 Å². The summed E-state index contributed by atoms with van der Waals surface area (Å²) in [6.07, 6.45) is 1.50. The molecular formula is C22H21N3O3. The Kier molecular flexibility index (Phi) is 6.01. The van der Waals surface area contributed by atoms with Gasteiger partial charge in [0, 0.05) is 12.7 Å². The maximum Gasteiger partial charge on any atom is 0.339 e. The molecule has 6 nitrogen and oxygen atoms in total. The summed E-state index contributed by atoms with van der Waals surface area (Å²) in [6.45, 7) is 2.71. The molecule has 1 heterocycles. The molecule has 0 aliphatic rings. The minimum Gasteiger partial charge on any atom is -0.465 e. The first-order valence-corrected chi connectivity index (χ1v) is 8.81. The zero-order valence-corrected chi connectivity index (χ0v) is 15.7. The van der Waals surface area contributed by atoms with E-state index in [4.69, 9.17) is 4.74 Å². The van der Waals surface area contributed by atoms with Crippen molar-refractivity contribution in [3.8, 4) is 0 Å². The second kappa shape index (κ2) is 8.81. The third-order valence-electron chi connectivity index (χ3n) is 4.33. The van der Waals surface area contributed by atoms with Crippen molar-refractivity contribution >= 4 is 23.4 Å². The van der Waals surface area contributed by atoms with E-state index in [1.165, 1.54) is 24.4 Å². The second-order valence-corrected chi connectivity index (χ2v) is 6.20. The molecule has 142 valence electrons. The number of nitrogens with one attached hydrogen (secondary N) is 2. The lowest BCUT2D eigenvalue weighted by Gasteiger charge is -2.11. The van der Waals surface area contributed by atoms with Crippen LogP contribution in [-0.2, 0) is 11.3 Å². The number of rotatable bonds is 6. The van der Waals surface area contributed by atoms with E-state index in [1.807, 2.05) is 12.1 Å². The summed E-state index contributed by atoms with van der Waals surface area (Å²) in [5.74, 6) is -0.186. The van der Waals surface area contributed by atoms with Crippen molar-refractivity contribution in [1.29, 1.82) is 0 Å². The quantitative estimate of drug-likeness (QED) is 0.636. The SMILES string of the molecule is COC(=O)c1ccccc1NC(=O)c1ccc(NCc2ccccc2C)nc1. The van der Waals surface area contributed by atoms with Crippen LogP contribution in [0.4, 0.5) is 11.5 Å². The number of hydrogen-bond donors (Lipinski definition) is 2. The molecular weight excluding hydrogens is 354 g/mol. The topological polar surface area (TPSA) is 80.3 Å². The van der Waals surface area contributed by atoms with Crippen molar-refractivity contribution in [1.82, 2.24) is 4.98 Å². The average molecular weight is 375 g/mol. The number of esters is 1. The van der Waals surface area contributed by atoms with E-state index in [2.05, 4.69) is 34.7 Å². The van der Waals surface area contributed by atoms with Gasteiger partial charge in [0.25, 0.3) is 5.91 Å². The van der Waals surface area contributed by atoms with Crippen LogP contribution in [0, 0.1) is 6.92 Å². The number of anilines is 2. The van der Waals surface area contributed by atoms with Gasteiger partial charge in [-0.2, -0.15) is 0 Å². The van der Waals surface area contributed by atoms with Gasteiger partial charge in [0.15, 0.2) is 0 Å². The molecule has 0 saturated carbocycles. The minimum atomic E-state index is -0.509. The molecule has 2 aromatic carbocycles. The van der Waals surface area contributed by atoms with Gasteiger partial charge in [-0.3, -0.25) is 4.79 Å². The van der Waals surface area contributed by atoms with Crippen molar-refractivity contribution in [2.45, 2.75) is 13.5 Å². The summed E-state index contributed by atoms with van der Waals surface area (Å²) in [4.78, 5) is 28.6. The summed E-state index contributed by atoms with van der Waals surface area (Å²) >= 11 is 0. The molecule has 0 saturated heterocycles. The summed E-state index contributed by atoms with van der Waals surface area (Å²) < 4.78 is 4.74. The lowest BCUT2D eigenvalue weighted by molar-refractivity contribution is 0.0602. The number of benzene rings is 2. The predicted molar refractivity (Wildman–Crippen MR) is 108 cm³/mol. The van der Waals surface area contributed by atoms with Crippen LogP contribution >= 0.6 is 0 Å². The van der Waals surface area contributed by atoms with Gasteiger partial charge < -0.3 is 15.4 Å². The van der Waals surface area contributed by atoms with Gasteiger partial charge in [-0.05, 0) is 42.3 Å². The maximum atomic E-state index is 12.5. The minimum absolute atomic E-state index is 0.294. The number of hydrogen-bond acceptors (Lipinski definition) is 5. The first-order valence-electron chi connectivity index (χ1n) is 8.81. The molecule has 3 rings (SSSR count). The van der Waals surface area contributed by atoms with Crippen LogP contribution in [0.2, 0.25) is 0 Å². The largest absolute Gasteiger partial charge is 0.465 e. The van der Waals surface area contributed by atoms with Gasteiger partial charge in [0.2, 0.25) is 0 Å². The molecule has 0 atom stereocenters. The van der Waals surface area contributed by atoms with Crippen LogP contribution in [0.1, 0.15) is 31.8 Å². The number of pyridine rings is 1. The Morgan fingerprint density at radius 2 is 1.75 bits per heavy atom. The number of methoxy groups -OCH3 is 1. The number of nitrogens with zero attached hydrogens (tertiary/aromatic N) is 1. The Bertz CT molecular complexity index is 984. The highest BCUT2D eigenvalue weighted by Crippen LogP contribution is 2.17. The number of carbonyl (C=O) groups is 2. The second-order valence-electron chi connectivity index (χ2n) is 6.20. The third-order valence-corrected chi connectivity index (χ3v) is 4.33. The van der Waals surface area contributed by atoms with E-state index >= 15 is 0 Å². The predicted octanol–water partition coefficient (Wildman–Crippen LogP) is 4.04. The van der Waals surface area contributed by atoms with E-state index in [0.717, 1.165) is 0 Å². The number of carbonyl (C=O) groups excluding carboxylic acids is 2. The summed E-state index contributed by atoms with van der Waals surface area (Å²) in [5, 5.41) is 5.97. The average Bonchev–Trinajstić information content (AvgIpc) is 2.73. The summed E-state index contributed by atoms with van der Waals surface area (Å²) in [5.41, 5.74) is 3.46. The van der Waals surface area contributed by atoms with Crippen LogP contribution < -0.4 is 10.6 Å². The zero-order chi connectivity index (χ0) is 19.9. The number of ether oxygens (including phenoxy) is 1. The van der Waals surface area contributed by atoms with Crippen molar-refractivity contribution in [2.24, 2.45) is 0 Å². The fourth-order valence-electron chi connectivity index (χ4n) is 2.70. The molecule has 0 fully saturated rings. The highest BCUT2D eigenvalue weighted by atomic mass is 16.5. The molecule has 6 heteroatoms. The normalized spacial score (nSPS) is 10.2. The number of aromatic nitrogens is 1. The molecule has 0 spiro atoms. The highest BCUT2D eigenvalue weighted by Gasteiger charge is 2.14. The Morgan fingerprint density at radius 3 is 2.46 bits per heavy atom. The maximum absolute atomic E-state index is 12.5. The van der Waals surface area contributed by atoms with Gasteiger partial charge in [0.1, 0.15) is 5.82 Å². The van der Waals surface area contributed by atoms with Crippen molar-refractivity contribution < 1.29 is 14.3 Å². The summed E-state index contributed by atoms with van der Waals surface area (Å²) in [7, 11) is 1.30. The van der Waals surface area contributed by atoms with E-state index in [-0.39, 0.29) is 5.91 Å². The lowest BCUT2D eigenvalue weighted by atomic mass is 10.1. The van der Waals surface area contributed by atoms with Gasteiger partial charge in [-0.15, -0.1) is 0 Å². The first-order chi connectivity index (χ1) is 13.6. The van der Waals surface area contributed by atoms with Crippen LogP contribution in [0.5, 0.6) is 0 Å². The van der Waals surface area contributed by atoms with Crippen molar-refractivity contribution in [2.75, 3.05) is 17.7 Å². The van der Waals surface area contributed by atoms with E-state index in [0.29, 0.717) is 29.2 Å². The Hall–Kier alpha value is -3.67. The Labute approximate surface area is 163 Å². The number of para-hydroxylation sites is 1. The Morgan fingerprint density at radius 1 is 1.00 bits per heavy atom. The van der Waals surface area contributed by atoms with Gasteiger partial charge in [0.05, 0.1) is 23.9 Å². The van der Waals surface area contributed by atoms with Gasteiger partial charge in [-0.1, -0.05) is 36.4 Å². The summed E-state index contributed by atoms with van der Waals surface area (Å²) in [6, 6.07) is 18.2. The van der Waals surface area contributed by atoms with E-state index in [9.17, 15) is 9.59 Å². The molecule has 28 heavy (non-hydrogen) atoms. The standard InChI is InChI=1S/C22H21N3O3/c1-15-7-3-4-8-16(15)13-23-20-12-11-17(14-24-20)21(26)25-19-10-6-5-9-18(19)22(27)28-2/h3-12,14H,13H2,1-2H3,(H,23,24)(H,25,26). The number of aryl methyl sites for hydroxylation is 1. The molecule has 0 aliphatic heterocycles. The molecule has 0 radical (unpaired) electrons. The third kappa shape index (κ3) is 4.54. The fourth-order valence-corrected chi connectivity index (χ4v) is 2.70. The highest BCUT2D eigenvalue weighted by molar-refractivity contribution is 6.07. The lowest BCUT2D eigenvalue weighted by Crippen LogP contribution is -2.15. The molecule has 3 aromatic rings. The van der Waals surface area contributed by atoms with Crippen LogP contribution in [-0.4, -0.2) is 24.0 Å².